The molecular weight excluding hydrogens is 254 g/mol. The Morgan fingerprint density at radius 3 is 2.00 bits per heavy atom. The van der Waals surface area contributed by atoms with E-state index in [1.807, 2.05) is 0 Å². The van der Waals surface area contributed by atoms with Crippen LogP contribution < -0.4 is 0 Å². The van der Waals surface area contributed by atoms with Crippen LogP contribution in [0.15, 0.2) is 25.3 Å². The molecular formula is C12H17NO6. The second-order valence-corrected chi connectivity index (χ2v) is 3.37. The van der Waals surface area contributed by atoms with Gasteiger partial charge in [0.15, 0.2) is 0 Å². The Bertz CT molecular complexity index is 352. The number of esters is 2. The van der Waals surface area contributed by atoms with E-state index in [9.17, 15) is 14.4 Å². The quantitative estimate of drug-likeness (QED) is 0.379. The van der Waals surface area contributed by atoms with Gasteiger partial charge < -0.3 is 19.5 Å². The molecule has 0 saturated heterocycles. The van der Waals surface area contributed by atoms with E-state index < -0.39 is 18.0 Å². The molecule has 0 unspecified atom stereocenters. The molecule has 7 heteroatoms. The van der Waals surface area contributed by atoms with Crippen molar-refractivity contribution >= 4 is 18.0 Å². The van der Waals surface area contributed by atoms with Crippen LogP contribution in [0.5, 0.6) is 0 Å². The summed E-state index contributed by atoms with van der Waals surface area (Å²) in [5.74, 6) is -1.16. The molecule has 0 aliphatic heterocycles. The number of hydrogen-bond acceptors (Lipinski definition) is 5. The smallest absolute Gasteiger partial charge is 0.407 e. The highest BCUT2D eigenvalue weighted by Crippen LogP contribution is 1.95. The van der Waals surface area contributed by atoms with Gasteiger partial charge in [-0.25, -0.2) is 14.4 Å². The van der Waals surface area contributed by atoms with E-state index in [1.165, 1.54) is 0 Å². The summed E-state index contributed by atoms with van der Waals surface area (Å²) in [6, 6.07) is 0. The largest absolute Gasteiger partial charge is 0.465 e. The van der Waals surface area contributed by atoms with Crippen LogP contribution in [0.4, 0.5) is 4.79 Å². The van der Waals surface area contributed by atoms with Gasteiger partial charge in [0, 0.05) is 18.7 Å². The minimum atomic E-state index is -1.13. The van der Waals surface area contributed by atoms with Crippen molar-refractivity contribution in [1.82, 2.24) is 4.90 Å². The third-order valence-electron chi connectivity index (χ3n) is 2.03. The maximum absolute atomic E-state index is 10.9. The summed E-state index contributed by atoms with van der Waals surface area (Å²) < 4.78 is 9.38. The first-order chi connectivity index (χ1) is 9.01. The van der Waals surface area contributed by atoms with E-state index in [2.05, 4.69) is 17.9 Å². The maximum atomic E-state index is 10.9. The molecule has 106 valence electrons. The van der Waals surface area contributed by atoms with Gasteiger partial charge in [-0.3, -0.25) is 0 Å². The van der Waals surface area contributed by atoms with Crippen LogP contribution in [-0.2, 0) is 19.1 Å². The lowest BCUT2D eigenvalue weighted by molar-refractivity contribution is -0.139. The van der Waals surface area contributed by atoms with Crippen molar-refractivity contribution in [2.24, 2.45) is 0 Å². The zero-order chi connectivity index (χ0) is 14.7. The molecule has 0 saturated carbocycles. The van der Waals surface area contributed by atoms with E-state index in [4.69, 9.17) is 9.84 Å². The fraction of sp³-hybridized carbons (Fsp3) is 0.417. The van der Waals surface area contributed by atoms with Crippen molar-refractivity contribution in [3.63, 3.8) is 0 Å². The Morgan fingerprint density at radius 2 is 1.53 bits per heavy atom. The standard InChI is InChI=1S/C12H17NO6/c1-3-10(14)18-8-5-6-13(12(16)17)7-9-19-11(15)4-2/h3-4H,1-2,5-9H2,(H,16,17). The van der Waals surface area contributed by atoms with Crippen molar-refractivity contribution in [1.29, 1.82) is 0 Å². The minimum absolute atomic E-state index is 0.0460. The summed E-state index contributed by atoms with van der Waals surface area (Å²) in [7, 11) is 0. The summed E-state index contributed by atoms with van der Waals surface area (Å²) in [5.41, 5.74) is 0. The maximum Gasteiger partial charge on any atom is 0.407 e. The predicted octanol–water partition coefficient (Wildman–Crippen LogP) is 0.815. The van der Waals surface area contributed by atoms with Crippen LogP contribution in [0.2, 0.25) is 0 Å². The van der Waals surface area contributed by atoms with E-state index >= 15 is 0 Å². The first kappa shape index (κ1) is 16.7. The number of carbonyl (C=O) groups excluding carboxylic acids is 2. The fourth-order valence-corrected chi connectivity index (χ4v) is 1.11. The van der Waals surface area contributed by atoms with E-state index in [0.717, 1.165) is 17.1 Å². The number of nitrogens with zero attached hydrogens (tertiary/aromatic N) is 1. The molecule has 1 N–H and O–H groups in total. The summed E-state index contributed by atoms with van der Waals surface area (Å²) in [6.45, 7) is 6.71. The zero-order valence-corrected chi connectivity index (χ0v) is 10.5. The number of carboxylic acid groups (broad SMARTS) is 1. The first-order valence-corrected chi connectivity index (χ1v) is 5.57. The lowest BCUT2D eigenvalue weighted by Gasteiger charge is -2.18. The van der Waals surface area contributed by atoms with Crippen molar-refractivity contribution in [2.75, 3.05) is 26.3 Å². The average Bonchev–Trinajstić information content (AvgIpc) is 2.40. The highest BCUT2D eigenvalue weighted by Gasteiger charge is 2.11. The van der Waals surface area contributed by atoms with Crippen molar-refractivity contribution in [2.45, 2.75) is 6.42 Å². The zero-order valence-electron chi connectivity index (χ0n) is 10.5. The molecule has 7 nitrogen and oxygen atoms in total. The van der Waals surface area contributed by atoms with Crippen LogP contribution in [-0.4, -0.2) is 54.3 Å². The van der Waals surface area contributed by atoms with Gasteiger partial charge in [0.25, 0.3) is 0 Å². The highest BCUT2D eigenvalue weighted by atomic mass is 16.5. The molecule has 0 aliphatic rings. The molecule has 19 heavy (non-hydrogen) atoms. The molecule has 0 atom stereocenters. The second kappa shape index (κ2) is 9.69. The van der Waals surface area contributed by atoms with E-state index in [-0.39, 0.29) is 26.3 Å². The van der Waals surface area contributed by atoms with Crippen LogP contribution >= 0.6 is 0 Å². The molecule has 1 amide bonds. The van der Waals surface area contributed by atoms with Crippen molar-refractivity contribution in [3.8, 4) is 0 Å². The fourth-order valence-electron chi connectivity index (χ4n) is 1.11. The number of ether oxygens (including phenoxy) is 2. The predicted molar refractivity (Wildman–Crippen MR) is 66.5 cm³/mol. The molecule has 0 aromatic heterocycles. The molecule has 0 aliphatic carbocycles. The Labute approximate surface area is 111 Å². The van der Waals surface area contributed by atoms with Gasteiger partial charge >= 0.3 is 18.0 Å². The van der Waals surface area contributed by atoms with Crippen LogP contribution in [0, 0.1) is 0 Å². The highest BCUT2D eigenvalue weighted by molar-refractivity contribution is 5.81. The Morgan fingerprint density at radius 1 is 1.00 bits per heavy atom. The van der Waals surface area contributed by atoms with Gasteiger partial charge in [0.1, 0.15) is 6.61 Å². The van der Waals surface area contributed by atoms with Gasteiger partial charge in [0.2, 0.25) is 0 Å². The normalized spacial score (nSPS) is 9.26. The van der Waals surface area contributed by atoms with E-state index in [0.29, 0.717) is 6.42 Å². The number of hydrogen-bond donors (Lipinski definition) is 1. The third kappa shape index (κ3) is 8.42. The summed E-state index contributed by atoms with van der Waals surface area (Å²) in [5, 5.41) is 8.89. The van der Waals surface area contributed by atoms with Crippen molar-refractivity contribution in [3.05, 3.63) is 25.3 Å². The Balaban J connectivity index is 3.89. The molecule has 0 radical (unpaired) electrons. The summed E-state index contributed by atoms with van der Waals surface area (Å²) in [6.07, 6.45) is 1.25. The molecule has 0 aromatic carbocycles. The van der Waals surface area contributed by atoms with E-state index in [1.54, 1.807) is 0 Å². The number of rotatable bonds is 9. The van der Waals surface area contributed by atoms with Gasteiger partial charge in [-0.05, 0) is 6.42 Å². The molecule has 0 fully saturated rings. The van der Waals surface area contributed by atoms with Crippen molar-refractivity contribution < 1.29 is 29.0 Å². The molecule has 0 bridgehead atoms. The Hall–Kier alpha value is -2.31. The summed E-state index contributed by atoms with van der Waals surface area (Å²) in [4.78, 5) is 33.4. The van der Waals surface area contributed by atoms with Crippen LogP contribution in [0.3, 0.4) is 0 Å². The first-order valence-electron chi connectivity index (χ1n) is 5.57. The van der Waals surface area contributed by atoms with Crippen LogP contribution in [0.1, 0.15) is 6.42 Å². The van der Waals surface area contributed by atoms with Gasteiger partial charge in [-0.15, -0.1) is 0 Å². The second-order valence-electron chi connectivity index (χ2n) is 3.37. The van der Waals surface area contributed by atoms with Crippen LogP contribution in [0.25, 0.3) is 0 Å². The molecule has 0 rings (SSSR count). The third-order valence-corrected chi connectivity index (χ3v) is 2.03. The topological polar surface area (TPSA) is 93.1 Å². The lowest BCUT2D eigenvalue weighted by Crippen LogP contribution is -2.34. The monoisotopic (exact) mass is 271 g/mol. The minimum Gasteiger partial charge on any atom is -0.465 e. The molecule has 0 heterocycles. The number of amides is 1. The molecule has 0 spiro atoms. The van der Waals surface area contributed by atoms with Gasteiger partial charge in [0.05, 0.1) is 13.2 Å². The molecule has 0 aromatic rings. The number of carbonyl (C=O) groups is 3. The Kier molecular flexibility index (Phi) is 8.51. The van der Waals surface area contributed by atoms with Gasteiger partial charge in [-0.1, -0.05) is 13.2 Å². The average molecular weight is 271 g/mol. The van der Waals surface area contributed by atoms with Gasteiger partial charge in [-0.2, -0.15) is 0 Å². The summed E-state index contributed by atoms with van der Waals surface area (Å²) >= 11 is 0. The SMILES string of the molecule is C=CC(=O)OCCCN(CCOC(=O)C=C)C(=O)O. The lowest BCUT2D eigenvalue weighted by atomic mass is 10.4.